The zero-order valence-electron chi connectivity index (χ0n) is 32.0. The summed E-state index contributed by atoms with van der Waals surface area (Å²) in [7, 11) is 0. The van der Waals surface area contributed by atoms with E-state index in [1.165, 1.54) is 111 Å². The SMILES string of the molecule is c1ccc2c(c1)Oc1ccc(-c3ccc4c(c3)C3(c5ccccc5-4)c4ccc5ccccc5c4-c4c3ccc3ccccc43)cc1C21c2ccccc2-c2ccccc21. The summed E-state index contributed by atoms with van der Waals surface area (Å²) in [5, 5.41) is 5.14. The molecule has 14 rings (SSSR count). The van der Waals surface area contributed by atoms with E-state index in [2.05, 4.69) is 206 Å². The van der Waals surface area contributed by atoms with Crippen LogP contribution in [0.1, 0.15) is 44.5 Å². The summed E-state index contributed by atoms with van der Waals surface area (Å²) in [5.41, 5.74) is 19.6. The fraction of sp³-hybridized carbons (Fsp3) is 0.0345. The van der Waals surface area contributed by atoms with Crippen molar-refractivity contribution in [2.24, 2.45) is 0 Å². The molecule has 1 heterocycles. The third kappa shape index (κ3) is 3.73. The van der Waals surface area contributed by atoms with Crippen LogP contribution in [0.5, 0.6) is 11.5 Å². The maximum Gasteiger partial charge on any atom is 0.132 e. The van der Waals surface area contributed by atoms with E-state index in [1.807, 2.05) is 0 Å². The Morgan fingerprint density at radius 3 is 1.29 bits per heavy atom. The molecule has 0 amide bonds. The lowest BCUT2D eigenvalue weighted by Gasteiger charge is -2.39. The Morgan fingerprint density at radius 1 is 0.271 bits per heavy atom. The number of rotatable bonds is 1. The summed E-state index contributed by atoms with van der Waals surface area (Å²) in [4.78, 5) is 0. The molecule has 0 saturated heterocycles. The minimum atomic E-state index is -0.521. The normalized spacial score (nSPS) is 14.8. The third-order valence-corrected chi connectivity index (χ3v) is 14.1. The van der Waals surface area contributed by atoms with Crippen LogP contribution in [0.25, 0.3) is 66.1 Å². The summed E-state index contributed by atoms with van der Waals surface area (Å²) in [6.07, 6.45) is 0. The number of ether oxygens (including phenoxy) is 1. The van der Waals surface area contributed by atoms with Crippen LogP contribution in [0.4, 0.5) is 0 Å². The number of hydrogen-bond acceptors (Lipinski definition) is 1. The molecular formula is C58H34O. The van der Waals surface area contributed by atoms with E-state index < -0.39 is 10.8 Å². The summed E-state index contributed by atoms with van der Waals surface area (Å²) in [6.45, 7) is 0. The van der Waals surface area contributed by atoms with Crippen LogP contribution in [0, 0.1) is 0 Å². The van der Waals surface area contributed by atoms with E-state index >= 15 is 0 Å². The van der Waals surface area contributed by atoms with Crippen molar-refractivity contribution >= 4 is 21.5 Å². The van der Waals surface area contributed by atoms with Gasteiger partial charge in [0.05, 0.1) is 10.8 Å². The van der Waals surface area contributed by atoms with Crippen molar-refractivity contribution in [3.05, 3.63) is 251 Å². The molecule has 1 heteroatoms. The van der Waals surface area contributed by atoms with Gasteiger partial charge >= 0.3 is 0 Å². The molecule has 272 valence electrons. The van der Waals surface area contributed by atoms with Crippen LogP contribution in [-0.2, 0) is 10.8 Å². The first-order valence-electron chi connectivity index (χ1n) is 20.7. The van der Waals surface area contributed by atoms with Gasteiger partial charge in [0.15, 0.2) is 0 Å². The first-order valence-corrected chi connectivity index (χ1v) is 20.7. The minimum Gasteiger partial charge on any atom is -0.457 e. The zero-order valence-corrected chi connectivity index (χ0v) is 32.0. The topological polar surface area (TPSA) is 9.23 Å². The Morgan fingerprint density at radius 2 is 0.695 bits per heavy atom. The van der Waals surface area contributed by atoms with Gasteiger partial charge in [-0.25, -0.2) is 0 Å². The molecule has 0 saturated carbocycles. The van der Waals surface area contributed by atoms with Gasteiger partial charge < -0.3 is 4.74 Å². The number of hydrogen-bond donors (Lipinski definition) is 0. The Balaban J connectivity index is 1.06. The van der Waals surface area contributed by atoms with Gasteiger partial charge in [-0.3, -0.25) is 0 Å². The lowest BCUT2D eigenvalue weighted by atomic mass is 9.65. The molecule has 0 unspecified atom stereocenters. The highest BCUT2D eigenvalue weighted by Crippen LogP contribution is 2.66. The van der Waals surface area contributed by atoms with E-state index in [9.17, 15) is 0 Å². The highest BCUT2D eigenvalue weighted by Gasteiger charge is 2.53. The average Bonchev–Trinajstić information content (AvgIpc) is 3.89. The second kappa shape index (κ2) is 11.1. The molecule has 0 atom stereocenters. The summed E-state index contributed by atoms with van der Waals surface area (Å²) in [6, 6.07) is 77.2. The lowest BCUT2D eigenvalue weighted by molar-refractivity contribution is 0.436. The van der Waals surface area contributed by atoms with E-state index in [0.29, 0.717) is 0 Å². The Bertz CT molecular complexity index is 3360. The second-order valence-corrected chi connectivity index (χ2v) is 16.6. The molecule has 0 bridgehead atoms. The van der Waals surface area contributed by atoms with Gasteiger partial charge in [0.2, 0.25) is 0 Å². The molecule has 0 radical (unpaired) electrons. The highest BCUT2D eigenvalue weighted by molar-refractivity contribution is 6.13. The smallest absolute Gasteiger partial charge is 0.132 e. The summed E-state index contributed by atoms with van der Waals surface area (Å²) in [5.74, 6) is 1.82. The van der Waals surface area contributed by atoms with Crippen molar-refractivity contribution in [2.75, 3.05) is 0 Å². The van der Waals surface area contributed by atoms with E-state index in [1.54, 1.807) is 0 Å². The predicted molar refractivity (Wildman–Crippen MR) is 241 cm³/mol. The van der Waals surface area contributed by atoms with E-state index in [4.69, 9.17) is 4.74 Å². The minimum absolute atomic E-state index is 0.485. The van der Waals surface area contributed by atoms with E-state index in [0.717, 1.165) is 11.5 Å². The Kier molecular flexibility index (Phi) is 5.96. The second-order valence-electron chi connectivity index (χ2n) is 16.6. The zero-order chi connectivity index (χ0) is 38.5. The van der Waals surface area contributed by atoms with Gasteiger partial charge in [0.1, 0.15) is 11.5 Å². The van der Waals surface area contributed by atoms with E-state index in [-0.39, 0.29) is 0 Å². The molecule has 0 aromatic heterocycles. The van der Waals surface area contributed by atoms with Gasteiger partial charge in [-0.15, -0.1) is 0 Å². The average molecular weight is 747 g/mol. The molecule has 10 aromatic rings. The summed E-state index contributed by atoms with van der Waals surface area (Å²) < 4.78 is 6.83. The summed E-state index contributed by atoms with van der Waals surface area (Å²) >= 11 is 0. The van der Waals surface area contributed by atoms with Crippen LogP contribution < -0.4 is 4.74 Å². The standard InChI is InChI=1S/C58H34O/c1-3-15-39-35(13-1)26-30-49-55(39)56-40-16-4-2-14-36(40)27-31-50(56)58(49)47-22-10-7-19-43(47)44-29-25-37(33-51(44)58)38-28-32-54-52(34-38)57(48-23-11-12-24-53(48)59-54)45-20-8-5-17-41(45)42-18-6-9-21-46(42)57/h1-34H. The van der Waals surface area contributed by atoms with Crippen molar-refractivity contribution in [3.8, 4) is 56.0 Å². The molecule has 3 aliphatic carbocycles. The van der Waals surface area contributed by atoms with Crippen LogP contribution in [-0.4, -0.2) is 0 Å². The monoisotopic (exact) mass is 746 g/mol. The van der Waals surface area contributed by atoms with Gasteiger partial charge in [0, 0.05) is 11.1 Å². The van der Waals surface area contributed by atoms with Crippen LogP contribution in [0.15, 0.2) is 206 Å². The van der Waals surface area contributed by atoms with Gasteiger partial charge in [-0.05, 0) is 124 Å². The van der Waals surface area contributed by atoms with Crippen molar-refractivity contribution in [1.82, 2.24) is 0 Å². The van der Waals surface area contributed by atoms with Crippen molar-refractivity contribution < 1.29 is 4.74 Å². The van der Waals surface area contributed by atoms with Crippen molar-refractivity contribution in [2.45, 2.75) is 10.8 Å². The van der Waals surface area contributed by atoms with Crippen molar-refractivity contribution in [1.29, 1.82) is 0 Å². The van der Waals surface area contributed by atoms with Crippen LogP contribution in [0.2, 0.25) is 0 Å². The fourth-order valence-electron chi connectivity index (χ4n) is 11.9. The maximum atomic E-state index is 6.83. The Hall–Kier alpha value is -7.48. The third-order valence-electron chi connectivity index (χ3n) is 14.1. The van der Waals surface area contributed by atoms with Gasteiger partial charge in [-0.2, -0.15) is 0 Å². The van der Waals surface area contributed by atoms with Crippen LogP contribution in [0.3, 0.4) is 0 Å². The molecule has 1 aliphatic heterocycles. The quantitative estimate of drug-likeness (QED) is 0.163. The van der Waals surface area contributed by atoms with Crippen molar-refractivity contribution in [3.63, 3.8) is 0 Å². The number of benzene rings is 10. The largest absolute Gasteiger partial charge is 0.457 e. The first-order chi connectivity index (χ1) is 29.3. The lowest BCUT2D eigenvalue weighted by Crippen LogP contribution is -2.32. The molecule has 1 nitrogen and oxygen atoms in total. The molecule has 0 fully saturated rings. The maximum absolute atomic E-state index is 6.83. The molecule has 59 heavy (non-hydrogen) atoms. The van der Waals surface area contributed by atoms with Crippen LogP contribution >= 0.6 is 0 Å². The van der Waals surface area contributed by atoms with Gasteiger partial charge in [0.25, 0.3) is 0 Å². The Labute approximate surface area is 342 Å². The van der Waals surface area contributed by atoms with Gasteiger partial charge in [-0.1, -0.05) is 182 Å². The first kappa shape index (κ1) is 31.6. The highest BCUT2D eigenvalue weighted by atomic mass is 16.5. The molecule has 10 aromatic carbocycles. The predicted octanol–water partition coefficient (Wildman–Crippen LogP) is 14.5. The molecule has 0 N–H and O–H groups in total. The molecule has 4 aliphatic rings. The molecule has 2 spiro atoms. The molecular weight excluding hydrogens is 713 g/mol. The number of fused-ring (bicyclic) bond motifs is 23. The fourth-order valence-corrected chi connectivity index (χ4v) is 11.9. The number of para-hydroxylation sites is 1.